The fourth-order valence-electron chi connectivity index (χ4n) is 0.439. The van der Waals surface area contributed by atoms with Crippen LogP contribution in [0.25, 0.3) is 0 Å². The first kappa shape index (κ1) is 15.8. The Labute approximate surface area is 88.7 Å². The molecule has 0 rings (SSSR count). The third-order valence-electron chi connectivity index (χ3n) is 1.02. The van der Waals surface area contributed by atoms with Gasteiger partial charge < -0.3 is 14.9 Å². The van der Waals surface area contributed by atoms with Crippen LogP contribution in [0, 0.1) is 0 Å². The third-order valence-corrected chi connectivity index (χ3v) is 1.02. The number of aliphatic hydroxyl groups excluding tert-OH is 1. The molecule has 0 bridgehead atoms. The highest BCUT2D eigenvalue weighted by Crippen LogP contribution is 1.82. The van der Waals surface area contributed by atoms with E-state index in [4.69, 9.17) is 10.2 Å². The van der Waals surface area contributed by atoms with Crippen molar-refractivity contribution in [2.75, 3.05) is 13.2 Å². The third kappa shape index (κ3) is 19.0. The zero-order chi connectivity index (χ0) is 12.1. The molecule has 0 heterocycles. The van der Waals surface area contributed by atoms with Crippen molar-refractivity contribution >= 4 is 11.9 Å². The number of hydrogen-bond acceptors (Lipinski definition) is 4. The zero-order valence-corrected chi connectivity index (χ0v) is 8.68. The van der Waals surface area contributed by atoms with E-state index < -0.39 is 11.9 Å². The molecule has 0 spiro atoms. The molecular weight excluding hydrogens is 200 g/mol. The predicted octanol–water partition coefficient (Wildman–Crippen LogP) is 0.745. The average Bonchev–Trinajstić information content (AvgIpc) is 2.18. The van der Waals surface area contributed by atoms with Crippen LogP contribution >= 0.6 is 0 Å². The van der Waals surface area contributed by atoms with Crippen molar-refractivity contribution in [3.05, 3.63) is 24.8 Å². The summed E-state index contributed by atoms with van der Waals surface area (Å²) in [6.07, 6.45) is 4.14. The molecule has 5 nitrogen and oxygen atoms in total. The first-order valence-corrected chi connectivity index (χ1v) is 4.34. The van der Waals surface area contributed by atoms with E-state index in [9.17, 15) is 9.59 Å². The highest BCUT2D eigenvalue weighted by Gasteiger charge is 1.91. The first-order valence-electron chi connectivity index (χ1n) is 4.34. The van der Waals surface area contributed by atoms with Crippen LogP contribution in [0.5, 0.6) is 0 Å². The van der Waals surface area contributed by atoms with E-state index in [1.807, 2.05) is 0 Å². The Kier molecular flexibility index (Phi) is 13.1. The summed E-state index contributed by atoms with van der Waals surface area (Å²) in [4.78, 5) is 19.8. The summed E-state index contributed by atoms with van der Waals surface area (Å²) in [5.74, 6) is -1.33. The average molecular weight is 216 g/mol. The van der Waals surface area contributed by atoms with Gasteiger partial charge in [0.2, 0.25) is 0 Å². The van der Waals surface area contributed by atoms with Crippen molar-refractivity contribution < 1.29 is 24.5 Å². The Bertz CT molecular complexity index is 220. The number of allylic oxidation sites excluding steroid dienone is 1. The molecule has 5 heteroatoms. The molecule has 0 atom stereocenters. The van der Waals surface area contributed by atoms with Crippen LogP contribution in [-0.4, -0.2) is 35.4 Å². The minimum atomic E-state index is -0.891. The molecule has 0 saturated heterocycles. The van der Waals surface area contributed by atoms with Gasteiger partial charge in [-0.1, -0.05) is 12.7 Å². The molecule has 86 valence electrons. The highest BCUT2D eigenvalue weighted by molar-refractivity contribution is 5.81. The smallest absolute Gasteiger partial charge is 0.330 e. The van der Waals surface area contributed by atoms with E-state index in [2.05, 4.69) is 11.3 Å². The molecule has 0 aliphatic carbocycles. The van der Waals surface area contributed by atoms with Gasteiger partial charge in [-0.15, -0.1) is 0 Å². The molecular formula is C10H16O5. The lowest BCUT2D eigenvalue weighted by Gasteiger charge is -1.96. The Morgan fingerprint density at radius 1 is 1.47 bits per heavy atom. The van der Waals surface area contributed by atoms with Gasteiger partial charge in [0.05, 0.1) is 6.61 Å². The van der Waals surface area contributed by atoms with Crippen molar-refractivity contribution in [1.29, 1.82) is 0 Å². The van der Waals surface area contributed by atoms with Crippen LogP contribution in [0.15, 0.2) is 24.8 Å². The van der Waals surface area contributed by atoms with Crippen molar-refractivity contribution in [1.82, 2.24) is 0 Å². The first-order chi connectivity index (χ1) is 7.08. The predicted molar refractivity (Wildman–Crippen MR) is 55.3 cm³/mol. The molecule has 0 unspecified atom stereocenters. The summed E-state index contributed by atoms with van der Waals surface area (Å²) in [6.45, 7) is 5.17. The number of aliphatic hydroxyl groups is 1. The Balaban J connectivity index is 0. The number of carboxylic acids is 1. The molecule has 0 aromatic carbocycles. The van der Waals surface area contributed by atoms with Gasteiger partial charge in [0.15, 0.2) is 0 Å². The summed E-state index contributed by atoms with van der Waals surface area (Å²) in [7, 11) is 0. The van der Waals surface area contributed by atoms with Gasteiger partial charge in [-0.2, -0.15) is 0 Å². The Hall–Kier alpha value is -1.62. The summed E-state index contributed by atoms with van der Waals surface area (Å²) in [5, 5.41) is 16.1. The van der Waals surface area contributed by atoms with Gasteiger partial charge in [0.1, 0.15) is 0 Å². The second kappa shape index (κ2) is 12.4. The Morgan fingerprint density at radius 3 is 2.33 bits per heavy atom. The SMILES string of the molecule is C/C=C/C(=O)O.C=CC(=O)OCCCO. The monoisotopic (exact) mass is 216 g/mol. The lowest BCUT2D eigenvalue weighted by Crippen LogP contribution is -2.02. The van der Waals surface area contributed by atoms with Crippen LogP contribution in [0.1, 0.15) is 13.3 Å². The van der Waals surface area contributed by atoms with Gasteiger partial charge in [-0.25, -0.2) is 9.59 Å². The Morgan fingerprint density at radius 2 is 2.07 bits per heavy atom. The molecule has 0 aliphatic rings. The molecule has 15 heavy (non-hydrogen) atoms. The van der Waals surface area contributed by atoms with E-state index in [1.54, 1.807) is 6.92 Å². The van der Waals surface area contributed by atoms with E-state index in [0.717, 1.165) is 12.2 Å². The largest absolute Gasteiger partial charge is 0.478 e. The van der Waals surface area contributed by atoms with E-state index in [1.165, 1.54) is 6.08 Å². The maximum Gasteiger partial charge on any atom is 0.330 e. The molecule has 0 amide bonds. The normalized spacial score (nSPS) is 8.93. The maximum atomic E-state index is 10.3. The molecule has 0 aromatic heterocycles. The van der Waals surface area contributed by atoms with E-state index >= 15 is 0 Å². The van der Waals surface area contributed by atoms with Crippen molar-refractivity contribution in [3.63, 3.8) is 0 Å². The quantitative estimate of drug-likeness (QED) is 0.402. The number of carbonyl (C=O) groups excluding carboxylic acids is 1. The number of rotatable bonds is 5. The molecule has 0 radical (unpaired) electrons. The zero-order valence-electron chi connectivity index (χ0n) is 8.68. The molecule has 0 saturated carbocycles. The van der Waals surface area contributed by atoms with Gasteiger partial charge >= 0.3 is 11.9 Å². The van der Waals surface area contributed by atoms with E-state index in [0.29, 0.717) is 6.42 Å². The summed E-state index contributed by atoms with van der Waals surface area (Å²) >= 11 is 0. The second-order valence-corrected chi connectivity index (χ2v) is 2.29. The van der Waals surface area contributed by atoms with Crippen LogP contribution in [0.3, 0.4) is 0 Å². The fourth-order valence-corrected chi connectivity index (χ4v) is 0.439. The van der Waals surface area contributed by atoms with Crippen molar-refractivity contribution in [2.24, 2.45) is 0 Å². The molecule has 0 fully saturated rings. The number of carboxylic acid groups (broad SMARTS) is 1. The number of ether oxygens (including phenoxy) is 1. The summed E-state index contributed by atoms with van der Waals surface area (Å²) in [6, 6.07) is 0. The lowest BCUT2D eigenvalue weighted by molar-refractivity contribution is -0.138. The van der Waals surface area contributed by atoms with Crippen LogP contribution in [0.4, 0.5) is 0 Å². The van der Waals surface area contributed by atoms with Gasteiger partial charge in [0.25, 0.3) is 0 Å². The van der Waals surface area contributed by atoms with Crippen molar-refractivity contribution in [3.8, 4) is 0 Å². The molecule has 0 aliphatic heterocycles. The summed E-state index contributed by atoms with van der Waals surface area (Å²) in [5.41, 5.74) is 0. The minimum Gasteiger partial charge on any atom is -0.478 e. The molecule has 2 N–H and O–H groups in total. The molecule has 0 aromatic rings. The number of aliphatic carboxylic acids is 1. The van der Waals surface area contributed by atoms with Crippen LogP contribution in [0.2, 0.25) is 0 Å². The minimum absolute atomic E-state index is 0.0461. The van der Waals surface area contributed by atoms with Crippen LogP contribution < -0.4 is 0 Å². The van der Waals surface area contributed by atoms with Gasteiger partial charge in [-0.05, 0) is 6.92 Å². The highest BCUT2D eigenvalue weighted by atomic mass is 16.5. The van der Waals surface area contributed by atoms with E-state index in [-0.39, 0.29) is 13.2 Å². The standard InChI is InChI=1S/C6H10O3.C4H6O2/c1-2-6(8)9-5-3-4-7;1-2-3-4(5)6/h2,7H,1,3-5H2;2-3H,1H3,(H,5,6)/b;3-2+. The maximum absolute atomic E-state index is 10.3. The van der Waals surface area contributed by atoms with Gasteiger partial charge in [0, 0.05) is 25.2 Å². The van der Waals surface area contributed by atoms with Gasteiger partial charge in [-0.3, -0.25) is 0 Å². The summed E-state index contributed by atoms with van der Waals surface area (Å²) < 4.78 is 4.51. The number of hydrogen-bond donors (Lipinski definition) is 2. The topological polar surface area (TPSA) is 83.8 Å². The number of carbonyl (C=O) groups is 2. The lowest BCUT2D eigenvalue weighted by atomic mass is 10.5. The van der Waals surface area contributed by atoms with Crippen LogP contribution in [-0.2, 0) is 14.3 Å². The second-order valence-electron chi connectivity index (χ2n) is 2.29. The van der Waals surface area contributed by atoms with Crippen molar-refractivity contribution in [2.45, 2.75) is 13.3 Å². The number of esters is 1. The fraction of sp³-hybridized carbons (Fsp3) is 0.400.